The van der Waals surface area contributed by atoms with Gasteiger partial charge in [-0.15, -0.1) is 0 Å². The molecule has 0 atom stereocenters. The molecule has 5 heavy (non-hydrogen) atoms. The molecule has 0 aromatic rings. The van der Waals surface area contributed by atoms with Crippen LogP contribution in [0.25, 0.3) is 0 Å². The van der Waals surface area contributed by atoms with Crippen LogP contribution in [0.3, 0.4) is 0 Å². The molecule has 0 aliphatic carbocycles. The fraction of sp³-hybridized carbons (Fsp3) is 0. The molecule has 0 amide bonds. The second-order valence-corrected chi connectivity index (χ2v) is 0. The number of rotatable bonds is 0. The van der Waals surface area contributed by atoms with Gasteiger partial charge in [0.2, 0.25) is 0 Å². The third-order valence-electron chi connectivity index (χ3n) is 0. The van der Waals surface area contributed by atoms with Gasteiger partial charge in [-0.05, 0) is 0 Å². The van der Waals surface area contributed by atoms with Gasteiger partial charge in [0.1, 0.15) is 0 Å². The van der Waals surface area contributed by atoms with Crippen molar-refractivity contribution in [3.8, 4) is 0 Å². The molecule has 5 heteroatoms. The average molecular weight is 449 g/mol. The second kappa shape index (κ2) is 27.2. The fourth-order valence-electron chi connectivity index (χ4n) is 0. The van der Waals surface area contributed by atoms with Crippen LogP contribution in [0.4, 0.5) is 0 Å². The van der Waals surface area contributed by atoms with Crippen LogP contribution in [0.5, 0.6) is 0 Å². The Balaban J connectivity index is -0.00000000167. The first-order valence-corrected chi connectivity index (χ1v) is 5.40. The van der Waals surface area contributed by atoms with Crippen molar-refractivity contribution in [2.24, 2.45) is 0 Å². The topological polar surface area (TPSA) is 0 Å². The molecular weight excluding hydrogens is 444 g/mol. The molecule has 0 bridgehead atoms. The molecule has 0 unspecified atom stereocenters. The Morgan fingerprint density at radius 1 is 1.00 bits per heavy atom. The van der Waals surface area contributed by atoms with Gasteiger partial charge in [0.25, 0.3) is 0 Å². The molecule has 0 aliphatic rings. The molecule has 0 saturated heterocycles. The molecule has 0 heterocycles. The summed E-state index contributed by atoms with van der Waals surface area (Å²) in [6, 6.07) is 0. The van der Waals surface area contributed by atoms with E-state index in [1.807, 2.05) is 0 Å². The molecule has 0 fully saturated rings. The summed E-state index contributed by atoms with van der Waals surface area (Å²) in [6.45, 7) is 0. The minimum atomic E-state index is 0. The standard InChI is InChI=1S/Ag.Cu.In.H2Se2.3H/c;;;1-2;;;/h;;;1-2H;;;. The molecule has 0 aliphatic heterocycles. The van der Waals surface area contributed by atoms with E-state index in [0.717, 1.165) is 0 Å². The fourth-order valence-corrected chi connectivity index (χ4v) is 0. The first kappa shape index (κ1) is 24.2. The number of hydrogen-bond acceptors (Lipinski definition) is 0. The van der Waals surface area contributed by atoms with Crippen LogP contribution in [0.15, 0.2) is 0 Å². The second-order valence-electron chi connectivity index (χ2n) is 0. The molecule has 0 aromatic heterocycles. The maximum atomic E-state index is 2.25. The van der Waals surface area contributed by atoms with Gasteiger partial charge in [-0.2, -0.15) is 0 Å². The minimum absolute atomic E-state index is 0. The first-order chi connectivity index (χ1) is 1.00. The summed E-state index contributed by atoms with van der Waals surface area (Å²) in [5.41, 5.74) is 0. The Bertz CT molecular complexity index is 9.61. The molecule has 0 N–H and O–H groups in total. The predicted octanol–water partition coefficient (Wildman–Crippen LogP) is -2.49. The van der Waals surface area contributed by atoms with Crippen LogP contribution in [-0.4, -0.2) is 54.2 Å². The summed E-state index contributed by atoms with van der Waals surface area (Å²) in [4.78, 5) is 0. The van der Waals surface area contributed by atoms with Crippen molar-refractivity contribution in [1.29, 1.82) is 0 Å². The Hall–Kier alpha value is 3.17. The van der Waals surface area contributed by atoms with Crippen LogP contribution < -0.4 is 0 Å². The average Bonchev–Trinajstić information content (AvgIpc) is 1.00. The molecule has 2 radical (unpaired) electrons. The molecule has 42 valence electrons. The van der Waals surface area contributed by atoms with Crippen molar-refractivity contribution in [2.45, 2.75) is 0 Å². The molecule has 0 aromatic carbocycles. The summed E-state index contributed by atoms with van der Waals surface area (Å²) in [7, 11) is 0. The zero-order chi connectivity index (χ0) is 2.00. The molecule has 0 spiro atoms. The monoisotopic (exact) mass is 450 g/mol. The maximum absolute atomic E-state index is 2.25. The van der Waals surface area contributed by atoms with Crippen molar-refractivity contribution < 1.29 is 39.4 Å². The Morgan fingerprint density at radius 2 is 1.00 bits per heavy atom. The van der Waals surface area contributed by atoms with Crippen LogP contribution in [-0.2, 0) is 39.4 Å². The Labute approximate surface area is 91.9 Å². The van der Waals surface area contributed by atoms with Crippen molar-refractivity contribution in [3.05, 3.63) is 0 Å². The Morgan fingerprint density at radius 3 is 1.00 bits per heavy atom. The number of hydrogen-bond donors (Lipinski definition) is 0. The summed E-state index contributed by atoms with van der Waals surface area (Å²) < 4.78 is 0. The SMILES string of the molecule is [Ag].[Cu].[InH3].[SeH][SeH]. The van der Waals surface area contributed by atoms with E-state index in [4.69, 9.17) is 0 Å². The van der Waals surface area contributed by atoms with E-state index in [2.05, 4.69) is 28.4 Å². The van der Waals surface area contributed by atoms with E-state index < -0.39 is 0 Å². The normalized spacial score (nSPS) is 1.20. The van der Waals surface area contributed by atoms with Crippen molar-refractivity contribution in [3.63, 3.8) is 0 Å². The van der Waals surface area contributed by atoms with Crippen molar-refractivity contribution >= 4 is 54.2 Å². The van der Waals surface area contributed by atoms with Crippen LogP contribution >= 0.6 is 0 Å². The van der Waals surface area contributed by atoms with Crippen LogP contribution in [0.1, 0.15) is 0 Å². The summed E-state index contributed by atoms with van der Waals surface area (Å²) in [5.74, 6) is 0. The zero-order valence-electron chi connectivity index (χ0n) is 1.50. The third kappa shape index (κ3) is 19.1. The molecule has 0 rings (SSSR count). The van der Waals surface area contributed by atoms with Gasteiger partial charge in [-0.3, -0.25) is 0 Å². The van der Waals surface area contributed by atoms with Crippen molar-refractivity contribution in [2.75, 3.05) is 0 Å². The van der Waals surface area contributed by atoms with Crippen LogP contribution in [0, 0.1) is 0 Å². The molecule has 0 saturated carbocycles. The summed E-state index contributed by atoms with van der Waals surface area (Å²) >= 11 is 4.50. The van der Waals surface area contributed by atoms with E-state index in [9.17, 15) is 0 Å². The third-order valence-corrected chi connectivity index (χ3v) is 0. The van der Waals surface area contributed by atoms with Crippen molar-refractivity contribution in [1.82, 2.24) is 0 Å². The van der Waals surface area contributed by atoms with Gasteiger partial charge in [-0.25, -0.2) is 0 Å². The summed E-state index contributed by atoms with van der Waals surface area (Å²) in [5, 5.41) is 0. The van der Waals surface area contributed by atoms with E-state index in [1.54, 1.807) is 0 Å². The van der Waals surface area contributed by atoms with Gasteiger partial charge < -0.3 is 0 Å². The summed E-state index contributed by atoms with van der Waals surface area (Å²) in [6.07, 6.45) is 0. The predicted molar refractivity (Wildman–Crippen MR) is 24.2 cm³/mol. The zero-order valence-corrected chi connectivity index (χ0v) is 7.67. The Kier molecular flexibility index (Phi) is 131. The first-order valence-electron chi connectivity index (χ1n) is 0.200. The van der Waals surface area contributed by atoms with E-state index in [0.29, 0.717) is 0 Å². The van der Waals surface area contributed by atoms with E-state index in [-0.39, 0.29) is 65.3 Å². The molecular formula is H5AgCuInSe2. The van der Waals surface area contributed by atoms with Gasteiger partial charge in [0, 0.05) is 39.4 Å². The van der Waals surface area contributed by atoms with Gasteiger partial charge in [-0.1, -0.05) is 0 Å². The van der Waals surface area contributed by atoms with E-state index >= 15 is 0 Å². The van der Waals surface area contributed by atoms with Gasteiger partial charge >= 0.3 is 54.2 Å². The quantitative estimate of drug-likeness (QED) is 0.360. The van der Waals surface area contributed by atoms with Gasteiger partial charge in [0.15, 0.2) is 0 Å². The molecule has 0 nitrogen and oxygen atoms in total. The van der Waals surface area contributed by atoms with Gasteiger partial charge in [0.05, 0.1) is 0 Å². The van der Waals surface area contributed by atoms with E-state index in [1.165, 1.54) is 0 Å². The van der Waals surface area contributed by atoms with Crippen LogP contribution in [0.2, 0.25) is 0 Å².